The molecule has 1 saturated heterocycles. The van der Waals surface area contributed by atoms with Gasteiger partial charge in [0.2, 0.25) is 0 Å². The molecule has 1 saturated carbocycles. The average molecular weight is 273 g/mol. The Labute approximate surface area is 122 Å². The van der Waals surface area contributed by atoms with Crippen LogP contribution in [0.25, 0.3) is 0 Å². The normalized spacial score (nSPS) is 30.5. The zero-order chi connectivity index (χ0) is 13.9. The van der Waals surface area contributed by atoms with E-state index >= 15 is 0 Å². The van der Waals surface area contributed by atoms with E-state index < -0.39 is 0 Å². The second-order valence-electron chi connectivity index (χ2n) is 6.65. The predicted octanol–water partition coefficient (Wildman–Crippen LogP) is 3.92. The first-order valence-electron chi connectivity index (χ1n) is 8.21. The molecule has 110 valence electrons. The van der Waals surface area contributed by atoms with E-state index in [4.69, 9.17) is 0 Å². The monoisotopic (exact) mass is 273 g/mol. The van der Waals surface area contributed by atoms with Gasteiger partial charge < -0.3 is 10.2 Å². The standard InChI is InChI=1S/C17H27N3/c1-13-6-5-7-14(2)17(13)19-15-8-9-16(18-12-15)20-10-3-4-11-20/h8-9,12-14,17,19H,3-7,10-11H2,1-2H3. The smallest absolute Gasteiger partial charge is 0.128 e. The molecule has 1 aromatic rings. The van der Waals surface area contributed by atoms with Gasteiger partial charge >= 0.3 is 0 Å². The van der Waals surface area contributed by atoms with E-state index in [1.54, 1.807) is 0 Å². The van der Waals surface area contributed by atoms with Gasteiger partial charge in [-0.25, -0.2) is 4.98 Å². The molecule has 0 radical (unpaired) electrons. The Balaban J connectivity index is 1.65. The second-order valence-corrected chi connectivity index (χ2v) is 6.65. The third-order valence-electron chi connectivity index (χ3n) is 5.06. The van der Waals surface area contributed by atoms with Gasteiger partial charge in [0.15, 0.2) is 0 Å². The minimum absolute atomic E-state index is 0.600. The van der Waals surface area contributed by atoms with E-state index in [0.29, 0.717) is 6.04 Å². The molecule has 2 unspecified atom stereocenters. The highest BCUT2D eigenvalue weighted by molar-refractivity contribution is 5.49. The molecule has 2 fully saturated rings. The number of pyridine rings is 1. The van der Waals surface area contributed by atoms with Crippen LogP contribution in [-0.2, 0) is 0 Å². The van der Waals surface area contributed by atoms with E-state index in [2.05, 4.69) is 41.2 Å². The van der Waals surface area contributed by atoms with Crippen molar-refractivity contribution in [2.75, 3.05) is 23.3 Å². The lowest BCUT2D eigenvalue weighted by Gasteiger charge is -2.35. The molecule has 0 amide bonds. The quantitative estimate of drug-likeness (QED) is 0.904. The van der Waals surface area contributed by atoms with Crippen molar-refractivity contribution < 1.29 is 0 Å². The van der Waals surface area contributed by atoms with Crippen molar-refractivity contribution in [3.8, 4) is 0 Å². The summed E-state index contributed by atoms with van der Waals surface area (Å²) in [6.45, 7) is 7.08. The summed E-state index contributed by atoms with van der Waals surface area (Å²) in [5, 5.41) is 3.72. The van der Waals surface area contributed by atoms with Crippen LogP contribution in [0.5, 0.6) is 0 Å². The Hall–Kier alpha value is -1.25. The maximum absolute atomic E-state index is 4.64. The maximum Gasteiger partial charge on any atom is 0.128 e. The largest absolute Gasteiger partial charge is 0.381 e. The molecule has 1 aliphatic heterocycles. The summed E-state index contributed by atoms with van der Waals surface area (Å²) >= 11 is 0. The molecule has 1 N–H and O–H groups in total. The summed E-state index contributed by atoms with van der Waals surface area (Å²) < 4.78 is 0. The Morgan fingerprint density at radius 3 is 2.35 bits per heavy atom. The van der Waals surface area contributed by atoms with Crippen molar-refractivity contribution in [3.05, 3.63) is 18.3 Å². The molecular weight excluding hydrogens is 246 g/mol. The fourth-order valence-corrected chi connectivity index (χ4v) is 3.76. The molecule has 2 atom stereocenters. The van der Waals surface area contributed by atoms with Gasteiger partial charge in [-0.15, -0.1) is 0 Å². The SMILES string of the molecule is CC1CCCC(C)C1Nc1ccc(N2CCCC2)nc1. The molecule has 3 rings (SSSR count). The number of nitrogens with one attached hydrogen (secondary N) is 1. The lowest BCUT2D eigenvalue weighted by Crippen LogP contribution is -2.37. The van der Waals surface area contributed by atoms with E-state index in [-0.39, 0.29) is 0 Å². The van der Waals surface area contributed by atoms with Gasteiger partial charge in [0, 0.05) is 19.1 Å². The van der Waals surface area contributed by atoms with Crippen molar-refractivity contribution in [3.63, 3.8) is 0 Å². The molecule has 3 nitrogen and oxygen atoms in total. The number of anilines is 2. The van der Waals surface area contributed by atoms with Crippen molar-refractivity contribution in [2.45, 2.75) is 52.0 Å². The summed E-state index contributed by atoms with van der Waals surface area (Å²) in [5.41, 5.74) is 1.18. The fourth-order valence-electron chi connectivity index (χ4n) is 3.76. The summed E-state index contributed by atoms with van der Waals surface area (Å²) in [7, 11) is 0. The molecule has 0 spiro atoms. The third-order valence-corrected chi connectivity index (χ3v) is 5.06. The van der Waals surface area contributed by atoms with E-state index in [1.807, 2.05) is 6.20 Å². The van der Waals surface area contributed by atoms with Gasteiger partial charge in [0.05, 0.1) is 11.9 Å². The topological polar surface area (TPSA) is 28.2 Å². The van der Waals surface area contributed by atoms with Crippen LogP contribution in [0, 0.1) is 11.8 Å². The summed E-state index contributed by atoms with van der Waals surface area (Å²) in [4.78, 5) is 7.02. The number of nitrogens with zero attached hydrogens (tertiary/aromatic N) is 2. The Morgan fingerprint density at radius 1 is 1.05 bits per heavy atom. The van der Waals surface area contributed by atoms with Crippen LogP contribution in [0.15, 0.2) is 18.3 Å². The van der Waals surface area contributed by atoms with Gasteiger partial charge in [-0.1, -0.05) is 20.3 Å². The minimum atomic E-state index is 0.600. The Bertz CT molecular complexity index is 412. The highest BCUT2D eigenvalue weighted by atomic mass is 15.2. The van der Waals surface area contributed by atoms with E-state index in [0.717, 1.165) is 30.7 Å². The first-order valence-corrected chi connectivity index (χ1v) is 8.21. The molecule has 2 heterocycles. The van der Waals surface area contributed by atoms with Crippen molar-refractivity contribution in [1.29, 1.82) is 0 Å². The van der Waals surface area contributed by atoms with Crippen LogP contribution >= 0.6 is 0 Å². The first-order chi connectivity index (χ1) is 9.74. The molecular formula is C17H27N3. The van der Waals surface area contributed by atoms with E-state index in [9.17, 15) is 0 Å². The molecule has 0 bridgehead atoms. The molecule has 1 aliphatic carbocycles. The molecule has 2 aliphatic rings. The predicted molar refractivity (Wildman–Crippen MR) is 85.3 cm³/mol. The van der Waals surface area contributed by atoms with Gasteiger partial charge in [-0.3, -0.25) is 0 Å². The first kappa shape index (κ1) is 13.7. The highest BCUT2D eigenvalue weighted by Crippen LogP contribution is 2.31. The molecule has 20 heavy (non-hydrogen) atoms. The number of aromatic nitrogens is 1. The zero-order valence-corrected chi connectivity index (χ0v) is 12.8. The number of hydrogen-bond donors (Lipinski definition) is 1. The molecule has 1 aromatic heterocycles. The van der Waals surface area contributed by atoms with Crippen LogP contribution < -0.4 is 10.2 Å². The van der Waals surface area contributed by atoms with Crippen molar-refractivity contribution in [2.24, 2.45) is 11.8 Å². The van der Waals surface area contributed by atoms with Gasteiger partial charge in [-0.2, -0.15) is 0 Å². The van der Waals surface area contributed by atoms with Crippen molar-refractivity contribution >= 4 is 11.5 Å². The molecule has 0 aromatic carbocycles. The lowest BCUT2D eigenvalue weighted by atomic mass is 9.78. The average Bonchev–Trinajstić information content (AvgIpc) is 2.98. The summed E-state index contributed by atoms with van der Waals surface area (Å²) in [6.07, 6.45) is 8.70. The van der Waals surface area contributed by atoms with Crippen LogP contribution in [0.4, 0.5) is 11.5 Å². The molecule has 3 heteroatoms. The van der Waals surface area contributed by atoms with E-state index in [1.165, 1.54) is 37.8 Å². The van der Waals surface area contributed by atoms with Gasteiger partial charge in [0.25, 0.3) is 0 Å². The Kier molecular flexibility index (Phi) is 4.13. The number of hydrogen-bond acceptors (Lipinski definition) is 3. The van der Waals surface area contributed by atoms with Crippen LogP contribution in [0.2, 0.25) is 0 Å². The van der Waals surface area contributed by atoms with Crippen LogP contribution in [0.3, 0.4) is 0 Å². The lowest BCUT2D eigenvalue weighted by molar-refractivity contribution is 0.268. The minimum Gasteiger partial charge on any atom is -0.381 e. The second kappa shape index (κ2) is 6.02. The fraction of sp³-hybridized carbons (Fsp3) is 0.706. The van der Waals surface area contributed by atoms with Crippen molar-refractivity contribution in [1.82, 2.24) is 4.98 Å². The van der Waals surface area contributed by atoms with Gasteiger partial charge in [-0.05, 0) is 49.7 Å². The van der Waals surface area contributed by atoms with Crippen LogP contribution in [-0.4, -0.2) is 24.1 Å². The Morgan fingerprint density at radius 2 is 1.75 bits per heavy atom. The third kappa shape index (κ3) is 2.92. The summed E-state index contributed by atoms with van der Waals surface area (Å²) in [5.74, 6) is 2.66. The maximum atomic E-state index is 4.64. The van der Waals surface area contributed by atoms with Crippen LogP contribution in [0.1, 0.15) is 46.0 Å². The van der Waals surface area contributed by atoms with Gasteiger partial charge in [0.1, 0.15) is 5.82 Å². The zero-order valence-electron chi connectivity index (χ0n) is 12.8. The summed E-state index contributed by atoms with van der Waals surface area (Å²) in [6, 6.07) is 4.98. The highest BCUT2D eigenvalue weighted by Gasteiger charge is 2.27. The number of rotatable bonds is 3.